The molecule has 0 amide bonds. The number of H-pyrrole nitrogens is 1. The van der Waals surface area contributed by atoms with Gasteiger partial charge in [0.25, 0.3) is 0 Å². The number of piperidine rings is 1. The lowest BCUT2D eigenvalue weighted by Crippen LogP contribution is -2.37. The maximum absolute atomic E-state index is 10.4. The Morgan fingerprint density at radius 2 is 2.10 bits per heavy atom. The maximum atomic E-state index is 10.4. The molecule has 1 aromatic heterocycles. The molecule has 30 heavy (non-hydrogen) atoms. The monoisotopic (exact) mass is 408 g/mol. The SMILES string of the molecule is Cc1[nH]nc2c1CC(NCC1CCN(Cc3cccc4c3OC(C)(C)C4)CC1)=C2O. The Morgan fingerprint density at radius 1 is 1.30 bits per heavy atom. The molecule has 3 aliphatic rings. The van der Waals surface area contributed by atoms with Gasteiger partial charge < -0.3 is 15.2 Å². The van der Waals surface area contributed by atoms with E-state index in [1.54, 1.807) is 0 Å². The molecule has 1 fully saturated rings. The average molecular weight is 409 g/mol. The minimum Gasteiger partial charge on any atom is -0.504 e. The van der Waals surface area contributed by atoms with Crippen molar-refractivity contribution in [3.8, 4) is 5.75 Å². The van der Waals surface area contributed by atoms with Gasteiger partial charge >= 0.3 is 0 Å². The first-order chi connectivity index (χ1) is 14.4. The highest BCUT2D eigenvalue weighted by molar-refractivity contribution is 5.68. The van der Waals surface area contributed by atoms with Crippen LogP contribution in [0.15, 0.2) is 23.9 Å². The lowest BCUT2D eigenvalue weighted by atomic mass is 9.95. The summed E-state index contributed by atoms with van der Waals surface area (Å²) in [6.45, 7) is 10.4. The van der Waals surface area contributed by atoms with E-state index in [4.69, 9.17) is 4.74 Å². The molecule has 1 aromatic carbocycles. The van der Waals surface area contributed by atoms with Gasteiger partial charge in [0.1, 0.15) is 17.0 Å². The molecular weight excluding hydrogens is 376 g/mol. The van der Waals surface area contributed by atoms with E-state index in [9.17, 15) is 5.11 Å². The smallest absolute Gasteiger partial charge is 0.162 e. The van der Waals surface area contributed by atoms with E-state index in [1.165, 1.54) is 24.0 Å². The number of aliphatic hydroxyl groups is 1. The molecule has 6 heteroatoms. The fourth-order valence-corrected chi connectivity index (χ4v) is 5.08. The standard InChI is InChI=1S/C24H32N4O2/c1-15-19-11-20(22(29)21(19)27-26-15)25-13-16-7-9-28(10-8-16)14-18-6-4-5-17-12-24(2,3)30-23(17)18/h4-6,16,25,29H,7-14H2,1-3H3,(H,26,27). The minimum atomic E-state index is -0.0910. The Labute approximate surface area is 178 Å². The van der Waals surface area contributed by atoms with E-state index in [0.717, 1.165) is 61.7 Å². The number of aromatic amines is 1. The van der Waals surface area contributed by atoms with Gasteiger partial charge in [0.2, 0.25) is 0 Å². The number of rotatable bonds is 5. The quantitative estimate of drug-likeness (QED) is 0.703. The normalized spacial score (nSPS) is 20.9. The van der Waals surface area contributed by atoms with Crippen LogP contribution in [0.4, 0.5) is 0 Å². The summed E-state index contributed by atoms with van der Waals surface area (Å²) in [4.78, 5) is 2.55. The summed E-state index contributed by atoms with van der Waals surface area (Å²) in [6.07, 6.45) is 4.09. The van der Waals surface area contributed by atoms with E-state index in [2.05, 4.69) is 52.5 Å². The van der Waals surface area contributed by atoms with Crippen LogP contribution in [-0.4, -0.2) is 45.4 Å². The summed E-state index contributed by atoms with van der Waals surface area (Å²) in [6, 6.07) is 6.59. The molecule has 0 unspecified atom stereocenters. The topological polar surface area (TPSA) is 73.4 Å². The molecular formula is C24H32N4O2. The van der Waals surface area contributed by atoms with Crippen LogP contribution < -0.4 is 10.1 Å². The molecule has 0 saturated carbocycles. The largest absolute Gasteiger partial charge is 0.504 e. The van der Waals surface area contributed by atoms with Crippen LogP contribution in [0.3, 0.4) is 0 Å². The molecule has 3 heterocycles. The zero-order valence-corrected chi connectivity index (χ0v) is 18.2. The highest BCUT2D eigenvalue weighted by Gasteiger charge is 2.32. The summed E-state index contributed by atoms with van der Waals surface area (Å²) in [5, 5.41) is 21.1. The van der Waals surface area contributed by atoms with Gasteiger partial charge in [-0.1, -0.05) is 18.2 Å². The van der Waals surface area contributed by atoms with Crippen molar-refractivity contribution in [3.63, 3.8) is 0 Å². The zero-order valence-electron chi connectivity index (χ0n) is 18.2. The van der Waals surface area contributed by atoms with Gasteiger partial charge in [-0.2, -0.15) is 5.10 Å². The van der Waals surface area contributed by atoms with Crippen molar-refractivity contribution in [2.24, 2.45) is 5.92 Å². The first kappa shape index (κ1) is 19.5. The van der Waals surface area contributed by atoms with Crippen LogP contribution in [0.25, 0.3) is 5.76 Å². The molecule has 3 N–H and O–H groups in total. The second-order valence-corrected chi connectivity index (χ2v) is 9.72. The van der Waals surface area contributed by atoms with Gasteiger partial charge in [-0.15, -0.1) is 0 Å². The van der Waals surface area contributed by atoms with Crippen molar-refractivity contribution in [3.05, 3.63) is 52.0 Å². The molecule has 5 rings (SSSR count). The van der Waals surface area contributed by atoms with Gasteiger partial charge in [-0.25, -0.2) is 0 Å². The summed E-state index contributed by atoms with van der Waals surface area (Å²) < 4.78 is 6.25. The Bertz CT molecular complexity index is 983. The zero-order chi connectivity index (χ0) is 20.9. The van der Waals surface area contributed by atoms with Gasteiger partial charge in [0.05, 0.1) is 5.70 Å². The van der Waals surface area contributed by atoms with Crippen molar-refractivity contribution < 1.29 is 9.84 Å². The molecule has 0 bridgehead atoms. The molecule has 2 aliphatic heterocycles. The van der Waals surface area contributed by atoms with Crippen molar-refractivity contribution in [1.82, 2.24) is 20.4 Å². The van der Waals surface area contributed by atoms with Crippen molar-refractivity contribution in [2.75, 3.05) is 19.6 Å². The number of hydrogen-bond acceptors (Lipinski definition) is 5. The lowest BCUT2D eigenvalue weighted by Gasteiger charge is -2.32. The van der Waals surface area contributed by atoms with Crippen LogP contribution in [-0.2, 0) is 19.4 Å². The summed E-state index contributed by atoms with van der Waals surface area (Å²) in [5.74, 6) is 2.06. The highest BCUT2D eigenvalue weighted by atomic mass is 16.5. The lowest BCUT2D eigenvalue weighted by molar-refractivity contribution is 0.132. The second-order valence-electron chi connectivity index (χ2n) is 9.72. The van der Waals surface area contributed by atoms with E-state index < -0.39 is 0 Å². The summed E-state index contributed by atoms with van der Waals surface area (Å²) >= 11 is 0. The highest BCUT2D eigenvalue weighted by Crippen LogP contribution is 2.38. The molecule has 160 valence electrons. The van der Waals surface area contributed by atoms with E-state index >= 15 is 0 Å². The number of nitrogens with one attached hydrogen (secondary N) is 2. The average Bonchev–Trinajstić information content (AvgIpc) is 3.34. The van der Waals surface area contributed by atoms with Gasteiger partial charge in [0.15, 0.2) is 5.76 Å². The van der Waals surface area contributed by atoms with E-state index in [-0.39, 0.29) is 5.60 Å². The summed E-state index contributed by atoms with van der Waals surface area (Å²) in [7, 11) is 0. The number of likely N-dealkylation sites (tertiary alicyclic amines) is 1. The maximum Gasteiger partial charge on any atom is 0.162 e. The van der Waals surface area contributed by atoms with Gasteiger partial charge in [-0.05, 0) is 58.2 Å². The molecule has 0 radical (unpaired) electrons. The number of aliphatic hydroxyl groups excluding tert-OH is 1. The third-order valence-corrected chi connectivity index (χ3v) is 6.82. The Balaban J connectivity index is 1.13. The Hall–Kier alpha value is -2.47. The van der Waals surface area contributed by atoms with Crippen LogP contribution >= 0.6 is 0 Å². The van der Waals surface area contributed by atoms with Crippen molar-refractivity contribution in [2.45, 2.75) is 58.6 Å². The van der Waals surface area contributed by atoms with Crippen LogP contribution in [0.2, 0.25) is 0 Å². The molecule has 0 atom stereocenters. The van der Waals surface area contributed by atoms with Crippen molar-refractivity contribution >= 4 is 5.76 Å². The summed E-state index contributed by atoms with van der Waals surface area (Å²) in [5.41, 5.74) is 6.37. The molecule has 1 aliphatic carbocycles. The van der Waals surface area contributed by atoms with E-state index in [1.807, 2.05) is 6.92 Å². The Morgan fingerprint density at radius 3 is 2.87 bits per heavy atom. The third kappa shape index (κ3) is 3.58. The number of aryl methyl sites for hydroxylation is 1. The van der Waals surface area contributed by atoms with E-state index in [0.29, 0.717) is 17.4 Å². The fraction of sp³-hybridized carbons (Fsp3) is 0.542. The number of ether oxygens (including phenoxy) is 1. The van der Waals surface area contributed by atoms with Gasteiger partial charge in [0, 0.05) is 42.8 Å². The minimum absolute atomic E-state index is 0.0910. The molecule has 0 spiro atoms. The van der Waals surface area contributed by atoms with Crippen LogP contribution in [0.5, 0.6) is 5.75 Å². The molecule has 1 saturated heterocycles. The van der Waals surface area contributed by atoms with Crippen molar-refractivity contribution in [1.29, 1.82) is 0 Å². The van der Waals surface area contributed by atoms with Crippen LogP contribution in [0, 0.1) is 12.8 Å². The number of aromatic nitrogens is 2. The second kappa shape index (κ2) is 7.34. The number of fused-ring (bicyclic) bond motifs is 2. The molecule has 6 nitrogen and oxygen atoms in total. The predicted molar refractivity (Wildman–Crippen MR) is 117 cm³/mol. The van der Waals surface area contributed by atoms with Crippen LogP contribution in [0.1, 0.15) is 54.8 Å². The molecule has 2 aromatic rings. The number of para-hydroxylation sites is 1. The number of hydrogen-bond donors (Lipinski definition) is 3. The van der Waals surface area contributed by atoms with Gasteiger partial charge in [-0.3, -0.25) is 10.00 Å². The Kier molecular flexibility index (Phi) is 4.77. The number of nitrogens with zero attached hydrogens (tertiary/aromatic N) is 2. The fourth-order valence-electron chi connectivity index (χ4n) is 5.08. The third-order valence-electron chi connectivity index (χ3n) is 6.82. The number of benzene rings is 1. The first-order valence-electron chi connectivity index (χ1n) is 11.1. The number of allylic oxidation sites excluding steroid dienone is 1. The predicted octanol–water partition coefficient (Wildman–Crippen LogP) is 3.72. The first-order valence-corrected chi connectivity index (χ1v) is 11.1.